The van der Waals surface area contributed by atoms with Crippen LogP contribution in [0.2, 0.25) is 0 Å². The third kappa shape index (κ3) is 2.90. The Labute approximate surface area is 145 Å². The molecule has 0 radical (unpaired) electrons. The van der Waals surface area contributed by atoms with Gasteiger partial charge in [-0.2, -0.15) is 14.5 Å². The van der Waals surface area contributed by atoms with Gasteiger partial charge in [0, 0.05) is 11.6 Å². The summed E-state index contributed by atoms with van der Waals surface area (Å²) in [5.74, 6) is -1.81. The van der Waals surface area contributed by atoms with Crippen molar-refractivity contribution in [2.45, 2.75) is 6.54 Å². The highest BCUT2D eigenvalue weighted by Crippen LogP contribution is 2.25. The van der Waals surface area contributed by atoms with Crippen LogP contribution in [0.5, 0.6) is 5.88 Å². The zero-order valence-electron chi connectivity index (χ0n) is 13.2. The van der Waals surface area contributed by atoms with Crippen molar-refractivity contribution in [2.24, 2.45) is 0 Å². The van der Waals surface area contributed by atoms with Crippen LogP contribution in [-0.2, 0) is 6.54 Å². The molecule has 1 aromatic carbocycles. The average molecular weight is 355 g/mol. The van der Waals surface area contributed by atoms with E-state index in [2.05, 4.69) is 20.1 Å². The second kappa shape index (κ2) is 6.36. The molecule has 0 aliphatic rings. The Bertz CT molecular complexity index is 1060. The van der Waals surface area contributed by atoms with E-state index in [9.17, 15) is 13.9 Å². The third-order valence-electron chi connectivity index (χ3n) is 3.66. The fraction of sp³-hybridized carbons (Fsp3) is 0.0588. The SMILES string of the molecule is Oc1nc(-c2cc(-c3ncco3)n(Cc3ccccc3F)n2)ncc1F. The van der Waals surface area contributed by atoms with E-state index >= 15 is 0 Å². The quantitative estimate of drug-likeness (QED) is 0.605. The number of benzene rings is 1. The van der Waals surface area contributed by atoms with Gasteiger partial charge in [0.15, 0.2) is 5.82 Å². The zero-order chi connectivity index (χ0) is 18.1. The predicted octanol–water partition coefficient (Wildman–Crippen LogP) is 3.03. The summed E-state index contributed by atoms with van der Waals surface area (Å²) in [6.45, 7) is 0.109. The molecule has 4 rings (SSSR count). The molecule has 0 unspecified atom stereocenters. The lowest BCUT2D eigenvalue weighted by molar-refractivity contribution is 0.409. The number of nitrogens with zero attached hydrogens (tertiary/aromatic N) is 5. The van der Waals surface area contributed by atoms with Crippen LogP contribution in [0.3, 0.4) is 0 Å². The minimum absolute atomic E-state index is 0.0176. The molecule has 3 heterocycles. The van der Waals surface area contributed by atoms with Crippen molar-refractivity contribution in [1.29, 1.82) is 0 Å². The third-order valence-corrected chi connectivity index (χ3v) is 3.66. The molecule has 4 aromatic rings. The van der Waals surface area contributed by atoms with E-state index in [1.54, 1.807) is 24.3 Å². The van der Waals surface area contributed by atoms with E-state index in [4.69, 9.17) is 4.42 Å². The summed E-state index contributed by atoms with van der Waals surface area (Å²) in [6.07, 6.45) is 3.71. The van der Waals surface area contributed by atoms with Crippen molar-refractivity contribution < 1.29 is 18.3 Å². The van der Waals surface area contributed by atoms with E-state index < -0.39 is 11.7 Å². The van der Waals surface area contributed by atoms with Gasteiger partial charge in [0.25, 0.3) is 5.88 Å². The lowest BCUT2D eigenvalue weighted by Crippen LogP contribution is -2.06. The number of aromatic nitrogens is 5. The van der Waals surface area contributed by atoms with Gasteiger partial charge >= 0.3 is 0 Å². The van der Waals surface area contributed by atoms with Crippen LogP contribution in [0, 0.1) is 11.6 Å². The van der Waals surface area contributed by atoms with Crippen molar-refractivity contribution in [1.82, 2.24) is 24.7 Å². The highest BCUT2D eigenvalue weighted by Gasteiger charge is 2.18. The van der Waals surface area contributed by atoms with E-state index in [1.165, 1.54) is 23.2 Å². The maximum absolute atomic E-state index is 14.0. The van der Waals surface area contributed by atoms with E-state index in [0.717, 1.165) is 6.20 Å². The van der Waals surface area contributed by atoms with Crippen molar-refractivity contribution in [3.8, 4) is 29.0 Å². The van der Waals surface area contributed by atoms with E-state index in [0.29, 0.717) is 11.3 Å². The smallest absolute Gasteiger partial charge is 0.251 e. The van der Waals surface area contributed by atoms with Crippen LogP contribution in [0.15, 0.2) is 53.4 Å². The lowest BCUT2D eigenvalue weighted by atomic mass is 10.2. The van der Waals surface area contributed by atoms with Gasteiger partial charge in [0.2, 0.25) is 11.7 Å². The predicted molar refractivity (Wildman–Crippen MR) is 85.9 cm³/mol. The highest BCUT2D eigenvalue weighted by molar-refractivity contribution is 5.59. The molecule has 0 fully saturated rings. The molecule has 0 aliphatic carbocycles. The molecule has 0 saturated carbocycles. The van der Waals surface area contributed by atoms with Crippen molar-refractivity contribution in [2.75, 3.05) is 0 Å². The Hall–Kier alpha value is -3.62. The molecule has 130 valence electrons. The zero-order valence-corrected chi connectivity index (χ0v) is 13.2. The summed E-state index contributed by atoms with van der Waals surface area (Å²) in [6, 6.07) is 7.87. The molecular formula is C17H11F2N5O2. The van der Waals surface area contributed by atoms with Gasteiger partial charge in [-0.1, -0.05) is 18.2 Å². The van der Waals surface area contributed by atoms with Crippen molar-refractivity contribution >= 4 is 0 Å². The monoisotopic (exact) mass is 355 g/mol. The molecule has 0 aliphatic heterocycles. The normalized spacial score (nSPS) is 11.0. The Balaban J connectivity index is 1.80. The number of hydrogen-bond acceptors (Lipinski definition) is 6. The first-order valence-corrected chi connectivity index (χ1v) is 7.55. The van der Waals surface area contributed by atoms with Gasteiger partial charge in [-0.15, -0.1) is 0 Å². The molecule has 26 heavy (non-hydrogen) atoms. The molecular weight excluding hydrogens is 344 g/mol. The second-order valence-corrected chi connectivity index (χ2v) is 5.37. The fourth-order valence-corrected chi connectivity index (χ4v) is 2.44. The van der Waals surface area contributed by atoms with Crippen LogP contribution in [0.1, 0.15) is 5.56 Å². The van der Waals surface area contributed by atoms with Gasteiger partial charge < -0.3 is 9.52 Å². The van der Waals surface area contributed by atoms with Gasteiger partial charge in [-0.05, 0) is 6.07 Å². The number of halogens is 2. The second-order valence-electron chi connectivity index (χ2n) is 5.37. The van der Waals surface area contributed by atoms with Gasteiger partial charge in [-0.25, -0.2) is 14.4 Å². The van der Waals surface area contributed by atoms with Gasteiger partial charge in [-0.3, -0.25) is 4.68 Å². The van der Waals surface area contributed by atoms with Crippen molar-refractivity contribution in [3.63, 3.8) is 0 Å². The number of hydrogen-bond donors (Lipinski definition) is 1. The lowest BCUT2D eigenvalue weighted by Gasteiger charge is -2.06. The topological polar surface area (TPSA) is 89.9 Å². The molecule has 9 heteroatoms. The van der Waals surface area contributed by atoms with Crippen LogP contribution < -0.4 is 0 Å². The van der Waals surface area contributed by atoms with E-state index in [-0.39, 0.29) is 29.8 Å². The standard InChI is InChI=1S/C17H11F2N5O2/c18-11-4-2-1-3-10(11)9-24-14(17-20-5-6-26-17)7-13(23-24)15-21-8-12(19)16(25)22-15/h1-8H,9H2,(H,21,22,25). The summed E-state index contributed by atoms with van der Waals surface area (Å²) in [7, 11) is 0. The highest BCUT2D eigenvalue weighted by atomic mass is 19.1. The first kappa shape index (κ1) is 15.9. The van der Waals surface area contributed by atoms with Gasteiger partial charge in [0.05, 0.1) is 18.9 Å². The summed E-state index contributed by atoms with van der Waals surface area (Å²) >= 11 is 0. The Morgan fingerprint density at radius 2 is 1.96 bits per heavy atom. The maximum Gasteiger partial charge on any atom is 0.251 e. The summed E-state index contributed by atoms with van der Waals surface area (Å²) < 4.78 is 34.0. The molecule has 0 atom stereocenters. The average Bonchev–Trinajstić information content (AvgIpc) is 3.29. The molecule has 3 aromatic heterocycles. The number of oxazole rings is 1. The summed E-state index contributed by atoms with van der Waals surface area (Å²) in [4.78, 5) is 11.6. The molecule has 0 bridgehead atoms. The minimum Gasteiger partial charge on any atom is -0.491 e. The van der Waals surface area contributed by atoms with Gasteiger partial charge in [0.1, 0.15) is 23.5 Å². The molecule has 1 N–H and O–H groups in total. The van der Waals surface area contributed by atoms with Crippen LogP contribution in [0.25, 0.3) is 23.1 Å². The number of aromatic hydroxyl groups is 1. The first-order chi connectivity index (χ1) is 12.6. The summed E-state index contributed by atoms with van der Waals surface area (Å²) in [5.41, 5.74) is 1.13. The first-order valence-electron chi connectivity index (χ1n) is 7.55. The summed E-state index contributed by atoms with van der Waals surface area (Å²) in [5, 5.41) is 13.8. The van der Waals surface area contributed by atoms with Crippen LogP contribution in [0.4, 0.5) is 8.78 Å². The molecule has 0 spiro atoms. The molecule has 7 nitrogen and oxygen atoms in total. The Morgan fingerprint density at radius 3 is 2.69 bits per heavy atom. The Morgan fingerprint density at radius 1 is 1.12 bits per heavy atom. The van der Waals surface area contributed by atoms with Crippen LogP contribution in [-0.4, -0.2) is 29.8 Å². The maximum atomic E-state index is 14.0. The minimum atomic E-state index is -0.938. The number of rotatable bonds is 4. The molecule has 0 amide bonds. The van der Waals surface area contributed by atoms with Crippen LogP contribution >= 0.6 is 0 Å². The molecule has 0 saturated heterocycles. The van der Waals surface area contributed by atoms with E-state index in [1.807, 2.05) is 0 Å². The Kier molecular flexibility index (Phi) is 3.88. The van der Waals surface area contributed by atoms with Crippen molar-refractivity contribution in [3.05, 3.63) is 66.2 Å². The fourth-order valence-electron chi connectivity index (χ4n) is 2.44. The largest absolute Gasteiger partial charge is 0.491 e.